The SMILES string of the molecule is C#CC(NC(=O)N=C1SCCCN1c1cccc(C)c1C(C)C)c1ccc(-c2ncn(-c3ccc(OC(F)(F)F)cc3)n2)cc1. The number of amidine groups is 1. The van der Waals surface area contributed by atoms with Crippen LogP contribution in [0.4, 0.5) is 23.7 Å². The van der Waals surface area contributed by atoms with Crippen LogP contribution in [0.5, 0.6) is 5.75 Å². The molecular formula is C33H31F3N6O2S. The third kappa shape index (κ3) is 7.67. The molecule has 2 heterocycles. The normalized spacial score (nSPS) is 15.2. The Kier molecular flexibility index (Phi) is 9.48. The number of ether oxygens (including phenoxy) is 1. The number of carbonyl (C=O) groups excluding carboxylic acids is 1. The molecule has 8 nitrogen and oxygen atoms in total. The first kappa shape index (κ1) is 31.7. The largest absolute Gasteiger partial charge is 0.573 e. The van der Waals surface area contributed by atoms with Gasteiger partial charge in [0, 0.05) is 23.5 Å². The summed E-state index contributed by atoms with van der Waals surface area (Å²) < 4.78 is 42.7. The van der Waals surface area contributed by atoms with Gasteiger partial charge in [-0.15, -0.1) is 24.7 Å². The lowest BCUT2D eigenvalue weighted by atomic mass is 9.95. The van der Waals surface area contributed by atoms with Crippen LogP contribution in [0.3, 0.4) is 0 Å². The minimum Gasteiger partial charge on any atom is -0.406 e. The summed E-state index contributed by atoms with van der Waals surface area (Å²) in [5.74, 6) is 3.88. The Labute approximate surface area is 263 Å². The fourth-order valence-corrected chi connectivity index (χ4v) is 6.09. The maximum atomic E-state index is 13.1. The minimum absolute atomic E-state index is 0.314. The number of aromatic nitrogens is 3. The van der Waals surface area contributed by atoms with Crippen LogP contribution in [-0.2, 0) is 0 Å². The van der Waals surface area contributed by atoms with Crippen molar-refractivity contribution in [1.82, 2.24) is 20.1 Å². The predicted octanol–water partition coefficient (Wildman–Crippen LogP) is 7.65. The highest BCUT2D eigenvalue weighted by molar-refractivity contribution is 8.14. The molecule has 1 atom stereocenters. The quantitative estimate of drug-likeness (QED) is 0.211. The van der Waals surface area contributed by atoms with Gasteiger partial charge in [-0.1, -0.05) is 67.9 Å². The van der Waals surface area contributed by atoms with Crippen molar-refractivity contribution in [2.45, 2.75) is 45.5 Å². The van der Waals surface area contributed by atoms with Crippen molar-refractivity contribution in [2.75, 3.05) is 17.2 Å². The van der Waals surface area contributed by atoms with Gasteiger partial charge in [0.15, 0.2) is 11.0 Å². The van der Waals surface area contributed by atoms with Gasteiger partial charge in [0.1, 0.15) is 18.1 Å². The Morgan fingerprint density at radius 3 is 2.51 bits per heavy atom. The molecule has 0 saturated carbocycles. The zero-order valence-corrected chi connectivity index (χ0v) is 25.7. The zero-order chi connectivity index (χ0) is 32.1. The molecule has 1 fully saturated rings. The molecule has 1 N–H and O–H groups in total. The number of aryl methyl sites for hydroxylation is 1. The number of thioether (sulfide) groups is 1. The molecule has 1 unspecified atom stereocenters. The lowest BCUT2D eigenvalue weighted by Crippen LogP contribution is -2.37. The first-order valence-corrected chi connectivity index (χ1v) is 15.2. The summed E-state index contributed by atoms with van der Waals surface area (Å²) in [5.41, 5.74) is 5.38. The highest BCUT2D eigenvalue weighted by atomic mass is 32.2. The Morgan fingerprint density at radius 1 is 1.11 bits per heavy atom. The van der Waals surface area contributed by atoms with Crippen LogP contribution in [-0.4, -0.2) is 44.6 Å². The highest BCUT2D eigenvalue weighted by Gasteiger charge is 2.31. The topological polar surface area (TPSA) is 84.6 Å². The standard InChI is InChI=1S/C33H31F3N6O2S/c1-5-27(38-31(43)39-32-41(18-7-19-45-32)28-9-6-8-22(4)29(28)21(2)3)23-10-12-24(13-11-23)30-37-20-42(40-30)25-14-16-26(17-15-25)44-33(34,35)36/h1,6,8-17,20-21,27H,7,18-19H2,2-4H3,(H,38,43). The second-order valence-electron chi connectivity index (χ2n) is 10.6. The van der Waals surface area contributed by atoms with Crippen LogP contribution in [0.1, 0.15) is 48.9 Å². The van der Waals surface area contributed by atoms with Crippen molar-refractivity contribution in [3.8, 4) is 35.2 Å². The third-order valence-corrected chi connectivity index (χ3v) is 8.18. The van der Waals surface area contributed by atoms with Crippen LogP contribution in [0.25, 0.3) is 17.1 Å². The number of halogens is 3. The van der Waals surface area contributed by atoms with Gasteiger partial charge in [0.2, 0.25) is 0 Å². The molecule has 0 spiro atoms. The smallest absolute Gasteiger partial charge is 0.406 e. The average molecular weight is 633 g/mol. The van der Waals surface area contributed by atoms with Crippen LogP contribution in [0, 0.1) is 19.3 Å². The van der Waals surface area contributed by atoms with Crippen molar-refractivity contribution < 1.29 is 22.7 Å². The number of alkyl halides is 3. The van der Waals surface area contributed by atoms with Crippen LogP contribution < -0.4 is 15.0 Å². The first-order chi connectivity index (χ1) is 21.5. The van der Waals surface area contributed by atoms with E-state index in [0.29, 0.717) is 33.7 Å². The van der Waals surface area contributed by atoms with Crippen molar-refractivity contribution in [3.05, 3.63) is 89.7 Å². The summed E-state index contributed by atoms with van der Waals surface area (Å²) >= 11 is 1.55. The monoisotopic (exact) mass is 632 g/mol. The van der Waals surface area contributed by atoms with Gasteiger partial charge in [-0.05, 0) is 66.3 Å². The molecule has 1 saturated heterocycles. The van der Waals surface area contributed by atoms with Gasteiger partial charge in [0.05, 0.1) is 5.69 Å². The number of urea groups is 1. The lowest BCUT2D eigenvalue weighted by Gasteiger charge is -2.32. The number of nitrogens with one attached hydrogen (secondary N) is 1. The number of hydrogen-bond donors (Lipinski definition) is 1. The molecule has 1 aliphatic rings. The molecule has 12 heteroatoms. The second kappa shape index (κ2) is 13.5. The van der Waals surface area contributed by atoms with E-state index in [0.717, 1.165) is 24.4 Å². The van der Waals surface area contributed by atoms with E-state index in [1.807, 2.05) is 6.07 Å². The van der Waals surface area contributed by atoms with Crippen molar-refractivity contribution in [3.63, 3.8) is 0 Å². The van der Waals surface area contributed by atoms with E-state index >= 15 is 0 Å². The number of aliphatic imine (C=N–C) groups is 1. The van der Waals surface area contributed by atoms with Crippen molar-refractivity contribution >= 4 is 28.6 Å². The lowest BCUT2D eigenvalue weighted by molar-refractivity contribution is -0.274. The number of anilines is 1. The summed E-state index contributed by atoms with van der Waals surface area (Å²) in [4.78, 5) is 24.0. The number of nitrogens with zero attached hydrogens (tertiary/aromatic N) is 5. The van der Waals surface area contributed by atoms with Gasteiger partial charge >= 0.3 is 12.4 Å². The molecule has 232 valence electrons. The van der Waals surface area contributed by atoms with E-state index in [1.165, 1.54) is 46.4 Å². The molecule has 5 rings (SSSR count). The molecule has 45 heavy (non-hydrogen) atoms. The predicted molar refractivity (Wildman–Crippen MR) is 171 cm³/mol. The van der Waals surface area contributed by atoms with Crippen LogP contribution >= 0.6 is 11.8 Å². The first-order valence-electron chi connectivity index (χ1n) is 14.3. The summed E-state index contributed by atoms with van der Waals surface area (Å²) in [6, 6.07) is 17.4. The minimum atomic E-state index is -4.77. The molecular weight excluding hydrogens is 601 g/mol. The molecule has 3 aromatic carbocycles. The van der Waals surface area contributed by atoms with Crippen LogP contribution in [0.2, 0.25) is 0 Å². The van der Waals surface area contributed by atoms with Gasteiger partial charge in [-0.3, -0.25) is 0 Å². The number of hydrogen-bond acceptors (Lipinski definition) is 5. The molecule has 0 bridgehead atoms. The molecule has 4 aromatic rings. The molecule has 2 amide bonds. The number of rotatable bonds is 7. The fourth-order valence-electron chi connectivity index (χ4n) is 5.14. The maximum absolute atomic E-state index is 13.1. The van der Waals surface area contributed by atoms with Gasteiger partial charge in [0.25, 0.3) is 0 Å². The molecule has 0 radical (unpaired) electrons. The third-order valence-electron chi connectivity index (χ3n) is 7.12. The Balaban J connectivity index is 1.28. The van der Waals surface area contributed by atoms with Crippen molar-refractivity contribution in [2.24, 2.45) is 4.99 Å². The Morgan fingerprint density at radius 2 is 1.84 bits per heavy atom. The van der Waals surface area contributed by atoms with E-state index < -0.39 is 18.4 Å². The van der Waals surface area contributed by atoms with E-state index in [2.05, 4.69) is 68.9 Å². The number of benzene rings is 3. The Bertz CT molecular complexity index is 1730. The second-order valence-corrected chi connectivity index (χ2v) is 11.7. The van der Waals surface area contributed by atoms with Crippen molar-refractivity contribution in [1.29, 1.82) is 0 Å². The number of amides is 2. The number of terminal acetylenes is 1. The molecule has 0 aliphatic carbocycles. The van der Waals surface area contributed by atoms with E-state index in [9.17, 15) is 18.0 Å². The summed E-state index contributed by atoms with van der Waals surface area (Å²) in [6.07, 6.45) is 3.48. The summed E-state index contributed by atoms with van der Waals surface area (Å²) in [6.45, 7) is 7.19. The van der Waals surface area contributed by atoms with Gasteiger partial charge in [-0.25, -0.2) is 14.5 Å². The average Bonchev–Trinajstić information content (AvgIpc) is 3.50. The zero-order valence-electron chi connectivity index (χ0n) is 24.9. The van der Waals surface area contributed by atoms with Crippen LogP contribution in [0.15, 0.2) is 78.0 Å². The Hall–Kier alpha value is -4.76. The molecule has 1 aliphatic heterocycles. The summed E-state index contributed by atoms with van der Waals surface area (Å²) in [7, 11) is 0. The van der Waals surface area contributed by atoms with E-state index in [1.54, 1.807) is 36.0 Å². The van der Waals surface area contributed by atoms with Gasteiger partial charge < -0.3 is 15.0 Å². The highest BCUT2D eigenvalue weighted by Crippen LogP contribution is 2.34. The molecule has 1 aromatic heterocycles. The van der Waals surface area contributed by atoms with E-state index in [4.69, 9.17) is 6.42 Å². The maximum Gasteiger partial charge on any atom is 0.573 e. The summed E-state index contributed by atoms with van der Waals surface area (Å²) in [5, 5.41) is 7.90. The fraction of sp³-hybridized carbons (Fsp3) is 0.273. The van der Waals surface area contributed by atoms with Gasteiger partial charge in [-0.2, -0.15) is 4.99 Å². The number of carbonyl (C=O) groups is 1. The van der Waals surface area contributed by atoms with E-state index in [-0.39, 0.29) is 5.75 Å².